The number of carbonyl (C=O) groups excluding carboxylic acids is 1. The Hall–Kier alpha value is -2.49. The minimum atomic E-state index is -0.582. The van der Waals surface area contributed by atoms with Crippen molar-refractivity contribution in [2.75, 3.05) is 0 Å². The average Bonchev–Trinajstić information content (AvgIpc) is 2.74. The molecule has 0 saturated heterocycles. The summed E-state index contributed by atoms with van der Waals surface area (Å²) in [7, 11) is 0. The predicted molar refractivity (Wildman–Crippen MR) is 82.6 cm³/mol. The molecule has 1 heterocycles. The number of benzene rings is 2. The van der Waals surface area contributed by atoms with Crippen LogP contribution in [0.3, 0.4) is 0 Å². The summed E-state index contributed by atoms with van der Waals surface area (Å²) in [5.41, 5.74) is 1.36. The maximum absolute atomic E-state index is 12.3. The van der Waals surface area contributed by atoms with E-state index in [1.165, 1.54) is 6.07 Å². The lowest BCUT2D eigenvalue weighted by Crippen LogP contribution is -2.24. The second-order valence-electron chi connectivity index (χ2n) is 6.09. The van der Waals surface area contributed by atoms with Crippen LogP contribution in [0.2, 0.25) is 0 Å². The minimum absolute atomic E-state index is 0.0492. The zero-order valence-electron chi connectivity index (χ0n) is 12.2. The molecule has 0 saturated carbocycles. The summed E-state index contributed by atoms with van der Waals surface area (Å²) < 4.78 is 5.41. The molecular weight excluding hydrogens is 266 g/mol. The van der Waals surface area contributed by atoms with Gasteiger partial charge in [0, 0.05) is 16.3 Å². The van der Waals surface area contributed by atoms with Gasteiger partial charge in [0.2, 0.25) is 0 Å². The van der Waals surface area contributed by atoms with Crippen LogP contribution in [-0.2, 0) is 4.74 Å². The van der Waals surface area contributed by atoms with Gasteiger partial charge >= 0.3 is 5.97 Å². The molecular formula is C17H17NO3. The monoisotopic (exact) mass is 283 g/mol. The van der Waals surface area contributed by atoms with E-state index >= 15 is 0 Å². The molecule has 3 aromatic rings. The number of H-pyrrole nitrogens is 1. The van der Waals surface area contributed by atoms with Crippen molar-refractivity contribution in [1.82, 2.24) is 4.98 Å². The zero-order chi connectivity index (χ0) is 15.2. The first-order valence-corrected chi connectivity index (χ1v) is 6.82. The van der Waals surface area contributed by atoms with Gasteiger partial charge in [0.1, 0.15) is 11.4 Å². The van der Waals surface area contributed by atoms with Gasteiger partial charge in [-0.2, -0.15) is 0 Å². The standard InChI is InChI=1S/C17H17NO3/c1-17(2,3)21-16(20)13-9-10(19)8-12-11-6-4-5-7-14(11)18-15(12)13/h4-9,18-19H,1-3H3. The van der Waals surface area contributed by atoms with Crippen LogP contribution < -0.4 is 0 Å². The highest BCUT2D eigenvalue weighted by molar-refractivity contribution is 6.14. The van der Waals surface area contributed by atoms with Gasteiger partial charge in [0.05, 0.1) is 11.1 Å². The molecule has 0 aliphatic heterocycles. The van der Waals surface area contributed by atoms with Gasteiger partial charge in [-0.1, -0.05) is 18.2 Å². The molecule has 0 atom stereocenters. The van der Waals surface area contributed by atoms with Crippen LogP contribution >= 0.6 is 0 Å². The van der Waals surface area contributed by atoms with E-state index in [1.54, 1.807) is 6.07 Å². The maximum atomic E-state index is 12.3. The van der Waals surface area contributed by atoms with Crippen molar-refractivity contribution in [1.29, 1.82) is 0 Å². The van der Waals surface area contributed by atoms with Crippen molar-refractivity contribution in [3.8, 4) is 5.75 Å². The molecule has 4 heteroatoms. The molecule has 2 aromatic carbocycles. The fourth-order valence-corrected chi connectivity index (χ4v) is 2.43. The lowest BCUT2D eigenvalue weighted by atomic mass is 10.1. The first-order valence-electron chi connectivity index (χ1n) is 6.82. The molecule has 108 valence electrons. The van der Waals surface area contributed by atoms with Gasteiger partial charge in [-0.05, 0) is 39.0 Å². The van der Waals surface area contributed by atoms with E-state index in [-0.39, 0.29) is 5.75 Å². The number of hydrogen-bond donors (Lipinski definition) is 2. The molecule has 4 nitrogen and oxygen atoms in total. The van der Waals surface area contributed by atoms with Crippen molar-refractivity contribution >= 4 is 27.8 Å². The number of hydrogen-bond acceptors (Lipinski definition) is 3. The number of ether oxygens (including phenoxy) is 1. The van der Waals surface area contributed by atoms with Gasteiger partial charge in [0.25, 0.3) is 0 Å². The maximum Gasteiger partial charge on any atom is 0.340 e. The molecule has 0 bridgehead atoms. The summed E-state index contributed by atoms with van der Waals surface area (Å²) in [5, 5.41) is 11.7. The molecule has 1 aromatic heterocycles. The Balaban J connectivity index is 2.25. The molecule has 21 heavy (non-hydrogen) atoms. The van der Waals surface area contributed by atoms with Crippen LogP contribution in [0.15, 0.2) is 36.4 Å². The second kappa shape index (κ2) is 4.52. The third-order valence-electron chi connectivity index (χ3n) is 3.22. The number of nitrogens with one attached hydrogen (secondary N) is 1. The van der Waals surface area contributed by atoms with Gasteiger partial charge < -0.3 is 14.8 Å². The fraction of sp³-hybridized carbons (Fsp3) is 0.235. The first kappa shape index (κ1) is 13.5. The highest BCUT2D eigenvalue weighted by Gasteiger charge is 2.22. The van der Waals surface area contributed by atoms with Crippen LogP contribution in [0, 0.1) is 0 Å². The van der Waals surface area contributed by atoms with Crippen molar-refractivity contribution in [3.05, 3.63) is 42.0 Å². The molecule has 0 amide bonds. The Kier molecular flexibility index (Phi) is 2.90. The number of esters is 1. The van der Waals surface area contributed by atoms with Crippen molar-refractivity contribution in [3.63, 3.8) is 0 Å². The van der Waals surface area contributed by atoms with E-state index in [9.17, 15) is 9.90 Å². The van der Waals surface area contributed by atoms with E-state index in [1.807, 2.05) is 45.0 Å². The van der Waals surface area contributed by atoms with Gasteiger partial charge in [-0.25, -0.2) is 4.79 Å². The van der Waals surface area contributed by atoms with Gasteiger partial charge in [-0.15, -0.1) is 0 Å². The van der Waals surface area contributed by atoms with Gasteiger partial charge in [0.15, 0.2) is 0 Å². The SMILES string of the molecule is CC(C)(C)OC(=O)c1cc(O)cc2c1[nH]c1ccccc12. The fourth-order valence-electron chi connectivity index (χ4n) is 2.43. The Morgan fingerprint density at radius 1 is 1.14 bits per heavy atom. The molecule has 0 aliphatic rings. The molecule has 0 unspecified atom stereocenters. The summed E-state index contributed by atoms with van der Waals surface area (Å²) in [4.78, 5) is 15.6. The van der Waals surface area contributed by atoms with Crippen LogP contribution in [0.25, 0.3) is 21.8 Å². The number of aromatic hydroxyl groups is 1. The molecule has 3 rings (SSSR count). The number of carbonyl (C=O) groups is 1. The zero-order valence-corrected chi connectivity index (χ0v) is 12.2. The van der Waals surface area contributed by atoms with Crippen LogP contribution in [-0.4, -0.2) is 21.7 Å². The van der Waals surface area contributed by atoms with E-state index in [4.69, 9.17) is 4.74 Å². The first-order chi connectivity index (χ1) is 9.85. The summed E-state index contributed by atoms with van der Waals surface area (Å²) >= 11 is 0. The summed E-state index contributed by atoms with van der Waals surface area (Å²) in [5.74, 6) is -0.400. The number of phenols is 1. The Morgan fingerprint density at radius 3 is 2.57 bits per heavy atom. The molecule has 2 N–H and O–H groups in total. The lowest BCUT2D eigenvalue weighted by Gasteiger charge is -2.19. The van der Waals surface area contributed by atoms with Crippen molar-refractivity contribution < 1.29 is 14.6 Å². The topological polar surface area (TPSA) is 62.3 Å². The Labute approximate surface area is 122 Å². The summed E-state index contributed by atoms with van der Waals surface area (Å²) in [6.07, 6.45) is 0. The number of aromatic nitrogens is 1. The van der Waals surface area contributed by atoms with Crippen LogP contribution in [0.5, 0.6) is 5.75 Å². The quantitative estimate of drug-likeness (QED) is 0.664. The lowest BCUT2D eigenvalue weighted by molar-refractivity contribution is 0.00713. The Morgan fingerprint density at radius 2 is 1.86 bits per heavy atom. The summed E-state index contributed by atoms with van der Waals surface area (Å²) in [6.45, 7) is 5.45. The Bertz CT molecular complexity index is 840. The number of fused-ring (bicyclic) bond motifs is 3. The highest BCUT2D eigenvalue weighted by atomic mass is 16.6. The number of aromatic amines is 1. The molecule has 0 aliphatic carbocycles. The highest BCUT2D eigenvalue weighted by Crippen LogP contribution is 2.32. The third kappa shape index (κ3) is 2.44. The van der Waals surface area contributed by atoms with Crippen molar-refractivity contribution in [2.45, 2.75) is 26.4 Å². The summed E-state index contributed by atoms with van der Waals surface area (Å²) in [6, 6.07) is 10.8. The number of rotatable bonds is 1. The van der Waals surface area contributed by atoms with E-state index in [2.05, 4.69) is 4.98 Å². The molecule has 0 spiro atoms. The molecule has 0 fully saturated rings. The number of phenolic OH excluding ortho intramolecular Hbond substituents is 1. The van der Waals surface area contributed by atoms with Crippen molar-refractivity contribution in [2.24, 2.45) is 0 Å². The second-order valence-corrected chi connectivity index (χ2v) is 6.09. The van der Waals surface area contributed by atoms with Gasteiger partial charge in [-0.3, -0.25) is 0 Å². The molecule has 0 radical (unpaired) electrons. The third-order valence-corrected chi connectivity index (χ3v) is 3.22. The van der Waals surface area contributed by atoms with Crippen LogP contribution in [0.1, 0.15) is 31.1 Å². The van der Waals surface area contributed by atoms with E-state index < -0.39 is 11.6 Å². The smallest absolute Gasteiger partial charge is 0.340 e. The average molecular weight is 283 g/mol. The van der Waals surface area contributed by atoms with Crippen LogP contribution in [0.4, 0.5) is 0 Å². The predicted octanol–water partition coefficient (Wildman–Crippen LogP) is 3.98. The normalized spacial score (nSPS) is 12.0. The largest absolute Gasteiger partial charge is 0.508 e. The van der Waals surface area contributed by atoms with E-state index in [0.29, 0.717) is 11.1 Å². The minimum Gasteiger partial charge on any atom is -0.508 e. The van der Waals surface area contributed by atoms with E-state index in [0.717, 1.165) is 16.3 Å². The number of para-hydroxylation sites is 1.